The molecule has 0 fully saturated rings. The monoisotopic (exact) mass is 1750 g/mol. The molecular formula is C96H223N13O4S4. The molecule has 0 aromatic carbocycles. The summed E-state index contributed by atoms with van der Waals surface area (Å²) in [4.78, 5) is 16.6. The van der Waals surface area contributed by atoms with E-state index in [1.165, 1.54) is 54.4 Å². The Morgan fingerprint density at radius 2 is 0.658 bits per heavy atom. The maximum absolute atomic E-state index is 4.58. The molecule has 0 saturated heterocycles. The van der Waals surface area contributed by atoms with E-state index >= 15 is 0 Å². The molecular weight excluding hydrogens is 1530 g/mol. The normalized spacial score (nSPS) is 5.35. The Morgan fingerprint density at radius 3 is 0.752 bits per heavy atom. The molecule has 0 radical (unpaired) electrons. The van der Waals surface area contributed by atoms with Crippen molar-refractivity contribution in [1.82, 2.24) is 64.6 Å². The van der Waals surface area contributed by atoms with Crippen molar-refractivity contribution >= 4 is 45.7 Å². The lowest BCUT2D eigenvalue weighted by Crippen LogP contribution is -1.53. The molecule has 0 saturated carbocycles. The van der Waals surface area contributed by atoms with Gasteiger partial charge in [-0.25, -0.2) is 14.3 Å². The molecule has 11 aromatic rings. The minimum absolute atomic E-state index is 1.35. The van der Waals surface area contributed by atoms with Crippen molar-refractivity contribution in [2.24, 2.45) is 0 Å². The van der Waals surface area contributed by atoms with Crippen LogP contribution in [0.5, 0.6) is 0 Å². The number of rotatable bonds is 0. The van der Waals surface area contributed by atoms with Gasteiger partial charge in [0.05, 0.1) is 49.2 Å². The average Bonchev–Trinajstić information content (AvgIpc) is 4.62. The van der Waals surface area contributed by atoms with Crippen LogP contribution in [0.15, 0.2) is 223 Å². The van der Waals surface area contributed by atoms with Gasteiger partial charge in [-0.05, 0) is 76.3 Å². The molecule has 0 unspecified atom stereocenters. The first-order valence-corrected chi connectivity index (χ1v) is 49.7. The number of thiazole rings is 1. The van der Waals surface area contributed by atoms with Crippen molar-refractivity contribution in [1.29, 1.82) is 0 Å². The second kappa shape index (κ2) is 551. The third-order valence-electron chi connectivity index (χ3n) is 4.11. The fourth-order valence-electron chi connectivity index (χ4n) is 2.14. The Bertz CT molecular complexity index is 1230. The van der Waals surface area contributed by atoms with Gasteiger partial charge in [0, 0.05) is 71.0 Å². The lowest BCUT2D eigenvalue weighted by Gasteiger charge is -1.50. The molecule has 0 spiro atoms. The predicted molar refractivity (Wildman–Crippen MR) is 564 cm³/mol. The summed E-state index contributed by atoms with van der Waals surface area (Å²) < 4.78 is 24.9. The molecule has 0 amide bonds. The smallest absolute Gasteiger partial charge is 0.180 e. The van der Waals surface area contributed by atoms with Crippen LogP contribution in [-0.4, -0.2) is 64.6 Å². The van der Waals surface area contributed by atoms with Crippen LogP contribution in [-0.2, 0) is 0 Å². The van der Waals surface area contributed by atoms with E-state index < -0.39 is 0 Å². The average molecular weight is 1750 g/mol. The topological polar surface area (TPSA) is 229 Å². The van der Waals surface area contributed by atoms with Crippen molar-refractivity contribution in [3.05, 3.63) is 205 Å². The summed E-state index contributed by atoms with van der Waals surface area (Å²) in [7, 11) is 0. The number of nitrogens with zero attached hydrogens (tertiary/aromatic N) is 10. The lowest BCUT2D eigenvalue weighted by molar-refractivity contribution is 0.393. The number of aromatic amines is 3. The fourth-order valence-corrected chi connectivity index (χ4v) is 3.57. The zero-order valence-corrected chi connectivity index (χ0v) is 94.1. The van der Waals surface area contributed by atoms with Crippen LogP contribution in [0.1, 0.15) is 429 Å². The van der Waals surface area contributed by atoms with E-state index in [4.69, 9.17) is 0 Å². The Balaban J connectivity index is -0.0000000226. The lowest BCUT2D eigenvalue weighted by atomic mass is 10.7. The van der Waals surface area contributed by atoms with Crippen molar-refractivity contribution < 1.29 is 17.9 Å². The zero-order valence-electron chi connectivity index (χ0n) is 90.9. The highest BCUT2D eigenvalue weighted by Crippen LogP contribution is 1.91. The predicted octanol–water partition coefficient (Wildman–Crippen LogP) is 40.9. The molecule has 3 N–H and O–H groups in total. The molecule has 11 rings (SSSR count). The maximum atomic E-state index is 4.58. The van der Waals surface area contributed by atoms with E-state index in [1.54, 1.807) is 109 Å². The molecule has 21 heteroatoms. The summed E-state index contributed by atoms with van der Waals surface area (Å²) in [6.07, 6.45) is 31.2. The number of thiophene rings is 1. The summed E-state index contributed by atoms with van der Waals surface area (Å²) in [6.45, 7) is 124. The molecule has 0 bridgehead atoms. The van der Waals surface area contributed by atoms with Crippen molar-refractivity contribution in [3.63, 3.8) is 0 Å². The van der Waals surface area contributed by atoms with Crippen LogP contribution in [0.2, 0.25) is 0 Å². The molecule has 720 valence electrons. The van der Waals surface area contributed by atoms with Crippen molar-refractivity contribution in [3.8, 4) is 0 Å². The second-order valence-corrected chi connectivity index (χ2v) is 10.8. The Morgan fingerprint density at radius 1 is 0.239 bits per heavy atom. The number of nitrogens with one attached hydrogen (secondary N) is 3. The SMILES string of the molecule is CC.CC.CC.CC.CC.CC.CC.CC.CC.CC.CC.CC.CC.CC.CC.CC.CC.CC.CC.CC.CC.CC.CC.CC.CC.CC.CC.CC.CC.CC.CC.c1c[nH]cn1.c1cc[nH]c1.c1ccoc1.c1ccsc1.c1cn[nH]c1.c1cnoc1.c1cnsc1.c1cocn1.c1conn1.c1cscn1.c1csnn1. The summed E-state index contributed by atoms with van der Waals surface area (Å²) in [5.74, 6) is 0. The summed E-state index contributed by atoms with van der Waals surface area (Å²) in [6, 6.07) is 17.1. The Kier molecular flexibility index (Phi) is 987. The number of furan rings is 1. The summed E-state index contributed by atoms with van der Waals surface area (Å²) in [5, 5.41) is 29.2. The largest absolute Gasteiger partial charge is 0.473 e. The van der Waals surface area contributed by atoms with E-state index in [2.05, 4.69) is 82.5 Å². The third kappa shape index (κ3) is 541. The van der Waals surface area contributed by atoms with Gasteiger partial charge in [-0.1, -0.05) is 451 Å². The highest BCUT2D eigenvalue weighted by Gasteiger charge is 1.64. The number of hydrogen-bond donors (Lipinski definition) is 3. The molecule has 0 aliphatic rings. The number of oxazole rings is 1. The third-order valence-corrected chi connectivity index (χ3v) is 6.22. The number of imidazole rings is 1. The molecule has 0 aliphatic carbocycles. The van der Waals surface area contributed by atoms with Gasteiger partial charge in [-0.15, -0.1) is 21.5 Å². The van der Waals surface area contributed by atoms with Gasteiger partial charge in [0.25, 0.3) is 0 Å². The highest BCUT2D eigenvalue weighted by atomic mass is 32.1. The highest BCUT2D eigenvalue weighted by molar-refractivity contribution is 7.07. The standard InChI is InChI=1S/C4H5N.C4H4O.C4H4S.2C3H4N2.2C3H3NO.2C3H3NS.C2H2N2O.C2H2N2S.31C2H6/c3*1-2-4-5-3-1;1-2-5-3-4-1;1-2-4-5-3-1;1-2-5-3-4-1;1-2-4-5-3-1;1-2-5-3-4-1;1-2-4-5-3-1;2*1-2-5-4-3-1;31*1-2/h1-5H;2*1-4H;2*1-3H,(H,4,5);4*1-3H;2*1-2H;31*1-2H3. The van der Waals surface area contributed by atoms with Crippen molar-refractivity contribution in [2.45, 2.75) is 429 Å². The van der Waals surface area contributed by atoms with Crippen LogP contribution in [0, 0.1) is 0 Å². The molecule has 17 nitrogen and oxygen atoms in total. The fraction of sp³-hybridized carbons (Fsp3) is 0.646. The van der Waals surface area contributed by atoms with E-state index in [-0.39, 0.29) is 0 Å². The quantitative estimate of drug-likeness (QED) is 0.128. The van der Waals surface area contributed by atoms with Crippen LogP contribution >= 0.6 is 45.7 Å². The Hall–Kier alpha value is -6.94. The van der Waals surface area contributed by atoms with Gasteiger partial charge in [0.1, 0.15) is 18.8 Å². The van der Waals surface area contributed by atoms with Gasteiger partial charge in [0.2, 0.25) is 0 Å². The first kappa shape index (κ1) is 209. The van der Waals surface area contributed by atoms with Gasteiger partial charge in [-0.2, -0.15) is 16.4 Å². The second-order valence-electron chi connectivity index (χ2n) is 7.90. The zero-order chi connectivity index (χ0) is 101. The van der Waals surface area contributed by atoms with E-state index in [0.717, 1.165) is 0 Å². The van der Waals surface area contributed by atoms with Crippen LogP contribution in [0.25, 0.3) is 0 Å². The van der Waals surface area contributed by atoms with Gasteiger partial charge in [-0.3, -0.25) is 10.1 Å². The molecule has 0 aliphatic heterocycles. The molecule has 117 heavy (non-hydrogen) atoms. The van der Waals surface area contributed by atoms with Gasteiger partial charge in [0.15, 0.2) is 6.39 Å². The summed E-state index contributed by atoms with van der Waals surface area (Å²) >= 11 is 6.13. The van der Waals surface area contributed by atoms with Crippen LogP contribution in [0.3, 0.4) is 0 Å². The van der Waals surface area contributed by atoms with Crippen molar-refractivity contribution in [2.75, 3.05) is 0 Å². The van der Waals surface area contributed by atoms with Crippen LogP contribution < -0.4 is 0 Å². The van der Waals surface area contributed by atoms with E-state index in [1.807, 2.05) is 517 Å². The molecule has 0 atom stereocenters. The van der Waals surface area contributed by atoms with Gasteiger partial charge < -0.3 is 27.8 Å². The van der Waals surface area contributed by atoms with Crippen LogP contribution in [0.4, 0.5) is 0 Å². The molecule has 11 heterocycles. The van der Waals surface area contributed by atoms with E-state index in [0.29, 0.717) is 0 Å². The summed E-state index contributed by atoms with van der Waals surface area (Å²) in [5.41, 5.74) is 1.79. The van der Waals surface area contributed by atoms with Gasteiger partial charge >= 0.3 is 0 Å². The van der Waals surface area contributed by atoms with E-state index in [9.17, 15) is 0 Å². The minimum Gasteiger partial charge on any atom is -0.473 e. The maximum Gasteiger partial charge on any atom is 0.180 e. The first-order valence-electron chi connectivity index (χ1n) is 46.1. The Labute approximate surface area is 758 Å². The number of hydrogen-bond acceptors (Lipinski definition) is 18. The minimum atomic E-state index is 1.35. The number of aromatic nitrogens is 13. The first-order chi connectivity index (χ1) is 58.5. The molecule has 11 aromatic heterocycles. The number of H-pyrrole nitrogens is 3.